The number of hydrogen-bond acceptors (Lipinski definition) is 3. The van der Waals surface area contributed by atoms with Crippen LogP contribution < -0.4 is 10.6 Å². The fraction of sp³-hybridized carbons (Fsp3) is 0.812. The van der Waals surface area contributed by atoms with E-state index in [2.05, 4.69) is 28.4 Å². The number of terminal acetylenes is 1. The van der Waals surface area contributed by atoms with Crippen molar-refractivity contribution in [1.29, 1.82) is 0 Å². The summed E-state index contributed by atoms with van der Waals surface area (Å²) in [5.41, 5.74) is 0. The molecule has 2 aliphatic rings. The summed E-state index contributed by atoms with van der Waals surface area (Å²) >= 11 is 0. The first kappa shape index (κ1) is 15.3. The summed E-state index contributed by atoms with van der Waals surface area (Å²) in [6.45, 7) is 5.28. The van der Waals surface area contributed by atoms with Crippen molar-refractivity contribution in [2.24, 2.45) is 0 Å². The molecule has 0 aromatic rings. The van der Waals surface area contributed by atoms with Crippen molar-refractivity contribution in [2.45, 2.75) is 63.6 Å². The molecule has 2 rings (SSSR count). The average molecular weight is 277 g/mol. The number of amides is 1. The van der Waals surface area contributed by atoms with Crippen LogP contribution in [0.1, 0.15) is 45.4 Å². The quantitative estimate of drug-likeness (QED) is 0.740. The smallest absolute Gasteiger partial charge is 0.237 e. The molecule has 4 heteroatoms. The normalized spacial score (nSPS) is 26.1. The molecular formula is C16H27N3O. The lowest BCUT2D eigenvalue weighted by molar-refractivity contribution is -0.127. The van der Waals surface area contributed by atoms with E-state index in [4.69, 9.17) is 6.42 Å². The zero-order valence-electron chi connectivity index (χ0n) is 12.5. The Morgan fingerprint density at radius 1 is 1.45 bits per heavy atom. The molecule has 2 aliphatic heterocycles. The van der Waals surface area contributed by atoms with Crippen LogP contribution in [-0.2, 0) is 4.79 Å². The molecule has 0 radical (unpaired) electrons. The van der Waals surface area contributed by atoms with E-state index >= 15 is 0 Å². The molecule has 0 spiro atoms. The van der Waals surface area contributed by atoms with E-state index in [1.807, 2.05) is 0 Å². The van der Waals surface area contributed by atoms with Crippen LogP contribution in [0.2, 0.25) is 0 Å². The zero-order chi connectivity index (χ0) is 14.4. The highest BCUT2D eigenvalue weighted by Crippen LogP contribution is 2.24. The lowest BCUT2D eigenvalue weighted by atomic mass is 10.0. The van der Waals surface area contributed by atoms with Gasteiger partial charge >= 0.3 is 0 Å². The maximum Gasteiger partial charge on any atom is 0.237 e. The molecule has 20 heavy (non-hydrogen) atoms. The Balaban J connectivity index is 1.92. The van der Waals surface area contributed by atoms with Crippen LogP contribution >= 0.6 is 0 Å². The molecule has 2 saturated heterocycles. The van der Waals surface area contributed by atoms with Gasteiger partial charge < -0.3 is 10.6 Å². The van der Waals surface area contributed by atoms with Gasteiger partial charge in [0, 0.05) is 18.5 Å². The van der Waals surface area contributed by atoms with Crippen LogP contribution in [0.25, 0.3) is 0 Å². The number of carbonyl (C=O) groups excluding carboxylic acids is 1. The molecule has 0 saturated carbocycles. The van der Waals surface area contributed by atoms with Gasteiger partial charge in [0.25, 0.3) is 0 Å². The molecule has 0 aliphatic carbocycles. The van der Waals surface area contributed by atoms with E-state index in [9.17, 15) is 4.79 Å². The van der Waals surface area contributed by atoms with E-state index < -0.39 is 0 Å². The van der Waals surface area contributed by atoms with Crippen molar-refractivity contribution in [3.63, 3.8) is 0 Å². The summed E-state index contributed by atoms with van der Waals surface area (Å²) in [6, 6.07) is 0.759. The number of hydrogen-bond donors (Lipinski definition) is 2. The maximum atomic E-state index is 12.5. The van der Waals surface area contributed by atoms with Crippen LogP contribution in [0.3, 0.4) is 0 Å². The van der Waals surface area contributed by atoms with Crippen molar-refractivity contribution in [3.8, 4) is 12.3 Å². The van der Waals surface area contributed by atoms with Gasteiger partial charge in [0.15, 0.2) is 0 Å². The molecule has 2 fully saturated rings. The first-order valence-corrected chi connectivity index (χ1v) is 7.96. The zero-order valence-corrected chi connectivity index (χ0v) is 12.5. The van der Waals surface area contributed by atoms with Gasteiger partial charge in [0.05, 0.1) is 6.04 Å². The monoisotopic (exact) mass is 277 g/mol. The van der Waals surface area contributed by atoms with Crippen molar-refractivity contribution < 1.29 is 4.79 Å². The molecule has 1 amide bonds. The number of nitrogens with zero attached hydrogens (tertiary/aromatic N) is 1. The third kappa shape index (κ3) is 3.74. The Kier molecular flexibility index (Phi) is 5.87. The molecule has 0 aromatic heterocycles. The Morgan fingerprint density at radius 2 is 2.20 bits per heavy atom. The molecule has 2 heterocycles. The second-order valence-corrected chi connectivity index (χ2v) is 5.90. The van der Waals surface area contributed by atoms with Gasteiger partial charge in [-0.25, -0.2) is 0 Å². The molecule has 0 aromatic carbocycles. The number of rotatable bonds is 5. The van der Waals surface area contributed by atoms with Gasteiger partial charge in [-0.1, -0.05) is 6.92 Å². The number of piperidine rings is 1. The maximum absolute atomic E-state index is 12.5. The van der Waals surface area contributed by atoms with Crippen molar-refractivity contribution >= 4 is 5.91 Å². The largest absolute Gasteiger partial charge is 0.351 e. The average Bonchev–Trinajstić information content (AvgIpc) is 2.97. The molecule has 4 nitrogen and oxygen atoms in total. The van der Waals surface area contributed by atoms with Gasteiger partial charge in [-0.3, -0.25) is 9.69 Å². The lowest BCUT2D eigenvalue weighted by Crippen LogP contribution is -2.52. The van der Waals surface area contributed by atoms with Crippen LogP contribution in [0.5, 0.6) is 0 Å². The van der Waals surface area contributed by atoms with Crippen molar-refractivity contribution in [1.82, 2.24) is 15.5 Å². The summed E-state index contributed by atoms with van der Waals surface area (Å²) < 4.78 is 0. The first-order valence-electron chi connectivity index (χ1n) is 7.96. The summed E-state index contributed by atoms with van der Waals surface area (Å²) in [4.78, 5) is 14.9. The molecular weight excluding hydrogens is 250 g/mol. The van der Waals surface area contributed by atoms with Crippen LogP contribution in [-0.4, -0.2) is 48.6 Å². The molecule has 0 bridgehead atoms. The van der Waals surface area contributed by atoms with Crippen LogP contribution in [0.4, 0.5) is 0 Å². The summed E-state index contributed by atoms with van der Waals surface area (Å²) in [6.07, 6.45) is 11.3. The highest BCUT2D eigenvalue weighted by Gasteiger charge is 2.36. The first-order chi connectivity index (χ1) is 9.76. The number of likely N-dealkylation sites (tertiary alicyclic amines) is 1. The Bertz CT molecular complexity index is 357. The summed E-state index contributed by atoms with van der Waals surface area (Å²) in [5, 5.41) is 6.53. The molecule has 2 N–H and O–H groups in total. The minimum absolute atomic E-state index is 0.0601. The highest BCUT2D eigenvalue weighted by atomic mass is 16.2. The predicted octanol–water partition coefficient (Wildman–Crippen LogP) is 1.12. The van der Waals surface area contributed by atoms with Crippen LogP contribution in [0, 0.1) is 12.3 Å². The van der Waals surface area contributed by atoms with Gasteiger partial charge in [0.1, 0.15) is 0 Å². The highest BCUT2D eigenvalue weighted by molar-refractivity contribution is 5.82. The lowest BCUT2D eigenvalue weighted by Gasteiger charge is -2.35. The van der Waals surface area contributed by atoms with E-state index in [1.54, 1.807) is 0 Å². The SMILES string of the molecule is C#CCC(CC)NC(=O)C1CCCN1C1CCNCC1. The Morgan fingerprint density at radius 3 is 2.85 bits per heavy atom. The van der Waals surface area contributed by atoms with E-state index in [1.165, 1.54) is 0 Å². The number of nitrogens with one attached hydrogen (secondary N) is 2. The van der Waals surface area contributed by atoms with Gasteiger partial charge in [-0.05, 0) is 51.7 Å². The molecule has 2 atom stereocenters. The fourth-order valence-electron chi connectivity index (χ4n) is 3.38. The topological polar surface area (TPSA) is 44.4 Å². The third-order valence-electron chi connectivity index (χ3n) is 4.58. The van der Waals surface area contributed by atoms with E-state index in [0.29, 0.717) is 12.5 Å². The standard InChI is InChI=1S/C16H27N3O/c1-3-6-13(4-2)18-16(20)15-7-5-12-19(15)14-8-10-17-11-9-14/h1,13-15,17H,4-12H2,2H3,(H,18,20). The van der Waals surface area contributed by atoms with Crippen molar-refractivity contribution in [2.75, 3.05) is 19.6 Å². The number of carbonyl (C=O) groups is 1. The van der Waals surface area contributed by atoms with E-state index in [-0.39, 0.29) is 18.0 Å². The third-order valence-corrected chi connectivity index (χ3v) is 4.58. The van der Waals surface area contributed by atoms with Gasteiger partial charge in [-0.2, -0.15) is 0 Å². The minimum Gasteiger partial charge on any atom is -0.351 e. The van der Waals surface area contributed by atoms with E-state index in [0.717, 1.165) is 51.7 Å². The van der Waals surface area contributed by atoms with Gasteiger partial charge in [0.2, 0.25) is 5.91 Å². The second kappa shape index (κ2) is 7.66. The van der Waals surface area contributed by atoms with Gasteiger partial charge in [-0.15, -0.1) is 12.3 Å². The second-order valence-electron chi connectivity index (χ2n) is 5.90. The summed E-state index contributed by atoms with van der Waals surface area (Å²) in [5.74, 6) is 2.84. The molecule has 112 valence electrons. The van der Waals surface area contributed by atoms with Crippen LogP contribution in [0.15, 0.2) is 0 Å². The Hall–Kier alpha value is -1.05. The minimum atomic E-state index is 0.0601. The predicted molar refractivity (Wildman–Crippen MR) is 81.3 cm³/mol. The fourth-order valence-corrected chi connectivity index (χ4v) is 3.38. The Labute approximate surface area is 122 Å². The summed E-state index contributed by atoms with van der Waals surface area (Å²) in [7, 11) is 0. The van der Waals surface area contributed by atoms with Crippen molar-refractivity contribution in [3.05, 3.63) is 0 Å². The molecule has 2 unspecified atom stereocenters.